The third-order valence-electron chi connectivity index (χ3n) is 7.75. The van der Waals surface area contributed by atoms with Gasteiger partial charge in [0.1, 0.15) is 54.7 Å². The van der Waals surface area contributed by atoms with E-state index in [1.165, 1.54) is 24.5 Å². The summed E-state index contributed by atoms with van der Waals surface area (Å²) in [6.45, 7) is 6.45. The molecule has 13 heteroatoms. The summed E-state index contributed by atoms with van der Waals surface area (Å²) in [5.74, 6) is -2.85. The molecule has 4 rings (SSSR count). The lowest BCUT2D eigenvalue weighted by Crippen LogP contribution is -2.72. The summed E-state index contributed by atoms with van der Waals surface area (Å²) in [5.41, 5.74) is -1.55. The van der Waals surface area contributed by atoms with Gasteiger partial charge in [0.05, 0.1) is 17.1 Å². The van der Waals surface area contributed by atoms with Gasteiger partial charge in [-0.2, -0.15) is 0 Å². The molecule has 1 aliphatic heterocycles. The van der Waals surface area contributed by atoms with Crippen LogP contribution in [0.15, 0.2) is 51.9 Å². The second kappa shape index (κ2) is 13.5. The summed E-state index contributed by atoms with van der Waals surface area (Å²) in [6.07, 6.45) is -8.68. The number of carbonyl (C=O) groups is 2. The number of ether oxygens (including phenoxy) is 3. The number of carbonyl (C=O) groups excluding carboxylic acids is 1. The minimum Gasteiger partial charge on any atom is -0.508 e. The molecular formula is C32H38O13. The maximum absolute atomic E-state index is 13.5. The predicted octanol–water partition coefficient (Wildman–Crippen LogP) is 2.27. The predicted molar refractivity (Wildman–Crippen MR) is 159 cm³/mol. The minimum absolute atomic E-state index is 0.0371. The van der Waals surface area contributed by atoms with Gasteiger partial charge in [0.25, 0.3) is 0 Å². The molecule has 45 heavy (non-hydrogen) atoms. The molecule has 1 fully saturated rings. The second-order valence-electron chi connectivity index (χ2n) is 11.9. The number of phenolic OH excluding ortho intramolecular Hbond substituents is 1. The fraction of sp³-hybridized carbons (Fsp3) is 0.469. The Bertz CT molecular complexity index is 1580. The van der Waals surface area contributed by atoms with Crippen molar-refractivity contribution in [3.8, 4) is 22.6 Å². The minimum atomic E-state index is -2.61. The third-order valence-corrected chi connectivity index (χ3v) is 7.75. The van der Waals surface area contributed by atoms with Crippen LogP contribution in [0.5, 0.6) is 11.5 Å². The molecule has 6 N–H and O–H groups in total. The molecule has 0 radical (unpaired) electrons. The first-order valence-corrected chi connectivity index (χ1v) is 14.5. The zero-order valence-corrected chi connectivity index (χ0v) is 25.2. The van der Waals surface area contributed by atoms with Crippen LogP contribution >= 0.6 is 0 Å². The third kappa shape index (κ3) is 7.13. The van der Waals surface area contributed by atoms with Gasteiger partial charge < -0.3 is 49.3 Å². The van der Waals surface area contributed by atoms with Crippen molar-refractivity contribution >= 4 is 22.9 Å². The average molecular weight is 631 g/mol. The van der Waals surface area contributed by atoms with Crippen molar-refractivity contribution < 1.29 is 58.9 Å². The fourth-order valence-electron chi connectivity index (χ4n) is 5.31. The first-order chi connectivity index (χ1) is 21.1. The molecule has 13 nitrogen and oxygen atoms in total. The number of fused-ring (bicyclic) bond motifs is 1. The number of aliphatic carboxylic acids is 1. The van der Waals surface area contributed by atoms with E-state index < -0.39 is 61.3 Å². The first kappa shape index (κ1) is 33.9. The first-order valence-electron chi connectivity index (χ1n) is 14.5. The van der Waals surface area contributed by atoms with E-state index in [4.69, 9.17) is 23.7 Å². The van der Waals surface area contributed by atoms with Crippen LogP contribution in [-0.4, -0.2) is 85.5 Å². The topological polar surface area (TPSA) is 213 Å². The summed E-state index contributed by atoms with van der Waals surface area (Å²) < 4.78 is 22.5. The molecule has 0 saturated carbocycles. The number of rotatable bonds is 11. The van der Waals surface area contributed by atoms with Crippen molar-refractivity contribution in [2.75, 3.05) is 6.61 Å². The Hall–Kier alpha value is -4.01. The van der Waals surface area contributed by atoms with Crippen molar-refractivity contribution in [2.24, 2.45) is 5.92 Å². The Labute approximate surface area is 258 Å². The van der Waals surface area contributed by atoms with E-state index in [9.17, 15) is 39.9 Å². The highest BCUT2D eigenvalue weighted by Gasteiger charge is 2.60. The quantitative estimate of drug-likeness (QED) is 0.133. The van der Waals surface area contributed by atoms with Gasteiger partial charge in [-0.05, 0) is 47.6 Å². The highest BCUT2D eigenvalue weighted by atomic mass is 16.7. The zero-order valence-electron chi connectivity index (χ0n) is 25.2. The number of carboxylic acids is 1. The molecular weight excluding hydrogens is 592 g/mol. The summed E-state index contributed by atoms with van der Waals surface area (Å²) in [7, 11) is 0. The van der Waals surface area contributed by atoms with Crippen LogP contribution in [0.25, 0.3) is 22.1 Å². The molecule has 6 unspecified atom stereocenters. The molecule has 2 heterocycles. The number of hydrogen-bond donors (Lipinski definition) is 6. The van der Waals surface area contributed by atoms with Crippen LogP contribution in [0.2, 0.25) is 0 Å². The maximum atomic E-state index is 13.5. The van der Waals surface area contributed by atoms with Gasteiger partial charge in [-0.3, -0.25) is 14.4 Å². The number of benzene rings is 2. The largest absolute Gasteiger partial charge is 0.508 e. The fourth-order valence-corrected chi connectivity index (χ4v) is 5.31. The lowest BCUT2D eigenvalue weighted by atomic mass is 9.77. The van der Waals surface area contributed by atoms with Crippen molar-refractivity contribution in [3.05, 3.63) is 58.4 Å². The van der Waals surface area contributed by atoms with E-state index in [1.807, 2.05) is 13.8 Å². The average Bonchev–Trinajstić information content (AvgIpc) is 2.96. The van der Waals surface area contributed by atoms with E-state index in [0.717, 1.165) is 0 Å². The monoisotopic (exact) mass is 630 g/mol. The number of hydrogen-bond acceptors (Lipinski definition) is 12. The van der Waals surface area contributed by atoms with Crippen LogP contribution in [-0.2, 0) is 19.1 Å². The molecule has 0 amide bonds. The number of phenols is 1. The highest BCUT2D eigenvalue weighted by Crippen LogP contribution is 2.39. The molecule has 244 valence electrons. The number of esters is 1. The Kier molecular flexibility index (Phi) is 10.2. The van der Waals surface area contributed by atoms with Crippen molar-refractivity contribution in [2.45, 2.75) is 82.8 Å². The Morgan fingerprint density at radius 1 is 1.04 bits per heavy atom. The van der Waals surface area contributed by atoms with Gasteiger partial charge in [0, 0.05) is 6.07 Å². The molecule has 0 bridgehead atoms. The number of carboxylic acid groups (broad SMARTS) is 1. The Balaban J connectivity index is 1.73. The molecule has 1 saturated heterocycles. The van der Waals surface area contributed by atoms with Crippen LogP contribution < -0.4 is 10.2 Å². The lowest BCUT2D eigenvalue weighted by molar-refractivity contribution is -0.334. The molecule has 0 aliphatic carbocycles. The van der Waals surface area contributed by atoms with E-state index in [0.29, 0.717) is 11.1 Å². The summed E-state index contributed by atoms with van der Waals surface area (Å²) in [5, 5.41) is 63.6. The van der Waals surface area contributed by atoms with E-state index in [1.54, 1.807) is 32.0 Å². The summed E-state index contributed by atoms with van der Waals surface area (Å²) in [6, 6.07) is 9.03. The van der Waals surface area contributed by atoms with E-state index in [-0.39, 0.29) is 51.7 Å². The SMILES string of the molecule is CC(C)CC(O)C1(O)C(O)C(COC(=O)CC(=O)O)OC(Oc2cc3occ(-c4ccc(O)cc4)c(=O)c3cc2C(C)C)C1O. The number of aromatic hydroxyl groups is 1. The van der Waals surface area contributed by atoms with E-state index in [2.05, 4.69) is 0 Å². The van der Waals surface area contributed by atoms with Crippen molar-refractivity contribution in [3.63, 3.8) is 0 Å². The molecule has 0 spiro atoms. The molecule has 1 aromatic heterocycles. The van der Waals surface area contributed by atoms with Gasteiger partial charge >= 0.3 is 11.9 Å². The van der Waals surface area contributed by atoms with Gasteiger partial charge in [0.2, 0.25) is 11.7 Å². The number of aliphatic hydroxyl groups excluding tert-OH is 3. The zero-order chi connectivity index (χ0) is 33.2. The van der Waals surface area contributed by atoms with Gasteiger partial charge in [-0.25, -0.2) is 0 Å². The van der Waals surface area contributed by atoms with Gasteiger partial charge in [-0.1, -0.05) is 39.8 Å². The van der Waals surface area contributed by atoms with E-state index >= 15 is 0 Å². The standard InChI is InChI=1S/C32H38O13/c1-15(2)9-25(34)32(41)29(39)24(14-43-27(37)12-26(35)36)45-31(30(32)40)44-23-11-22-20(10-19(23)16(3)4)28(38)21(13-42-22)17-5-7-18(33)8-6-17/h5-8,10-11,13,15-16,24-25,29-31,33-34,39-41H,9,12,14H2,1-4H3,(H,35,36). The maximum Gasteiger partial charge on any atom is 0.317 e. The van der Waals surface area contributed by atoms with Crippen molar-refractivity contribution in [1.29, 1.82) is 0 Å². The Morgan fingerprint density at radius 2 is 1.71 bits per heavy atom. The van der Waals surface area contributed by atoms with Crippen LogP contribution in [0, 0.1) is 5.92 Å². The highest BCUT2D eigenvalue weighted by molar-refractivity contribution is 5.90. The summed E-state index contributed by atoms with van der Waals surface area (Å²) >= 11 is 0. The molecule has 6 atom stereocenters. The normalized spacial score (nSPS) is 24.1. The summed E-state index contributed by atoms with van der Waals surface area (Å²) in [4.78, 5) is 36.2. The van der Waals surface area contributed by atoms with Crippen LogP contribution in [0.4, 0.5) is 0 Å². The smallest absolute Gasteiger partial charge is 0.317 e. The second-order valence-corrected chi connectivity index (χ2v) is 11.9. The van der Waals surface area contributed by atoms with Crippen LogP contribution in [0.1, 0.15) is 52.0 Å². The number of aliphatic hydroxyl groups is 4. The van der Waals surface area contributed by atoms with Gasteiger partial charge in [-0.15, -0.1) is 0 Å². The lowest BCUT2D eigenvalue weighted by Gasteiger charge is -2.50. The van der Waals surface area contributed by atoms with Gasteiger partial charge in [0.15, 0.2) is 5.60 Å². The molecule has 3 aromatic rings. The molecule has 1 aliphatic rings. The van der Waals surface area contributed by atoms with Crippen LogP contribution in [0.3, 0.4) is 0 Å². The molecule has 2 aromatic carbocycles. The van der Waals surface area contributed by atoms with Crippen molar-refractivity contribution in [1.82, 2.24) is 0 Å². The Morgan fingerprint density at radius 3 is 2.31 bits per heavy atom.